The molecular formula is C28H54. The maximum Gasteiger partial charge on any atom is -0.0350 e. The summed E-state index contributed by atoms with van der Waals surface area (Å²) in [5, 5.41) is 0. The Bertz CT molecular complexity index is 376. The topological polar surface area (TPSA) is 0 Å². The van der Waals surface area contributed by atoms with Gasteiger partial charge in [-0.1, -0.05) is 93.4 Å². The lowest BCUT2D eigenvalue weighted by molar-refractivity contribution is 0.000918. The van der Waals surface area contributed by atoms with Gasteiger partial charge in [-0.3, -0.25) is 0 Å². The van der Waals surface area contributed by atoms with Crippen molar-refractivity contribution in [3.63, 3.8) is 0 Å². The van der Waals surface area contributed by atoms with Gasteiger partial charge in [0.05, 0.1) is 0 Å². The summed E-state index contributed by atoms with van der Waals surface area (Å²) >= 11 is 0. The summed E-state index contributed by atoms with van der Waals surface area (Å²) in [5.41, 5.74) is 0. The van der Waals surface area contributed by atoms with E-state index < -0.39 is 0 Å². The fourth-order valence-corrected chi connectivity index (χ4v) is 7.27. The van der Waals surface area contributed by atoms with Gasteiger partial charge in [0.1, 0.15) is 0 Å². The van der Waals surface area contributed by atoms with Crippen molar-refractivity contribution in [3.8, 4) is 0 Å². The highest BCUT2D eigenvalue weighted by Crippen LogP contribution is 2.51. The third-order valence-corrected chi connectivity index (χ3v) is 8.89. The Hall–Kier alpha value is 0. The third kappa shape index (κ3) is 6.77. The first kappa shape index (κ1) is 24.3. The summed E-state index contributed by atoms with van der Waals surface area (Å²) in [6, 6.07) is 0. The normalized spacial score (nSPS) is 35.5. The van der Waals surface area contributed by atoms with Gasteiger partial charge in [-0.2, -0.15) is 0 Å². The molecule has 0 heteroatoms. The van der Waals surface area contributed by atoms with Crippen molar-refractivity contribution in [1.82, 2.24) is 0 Å². The van der Waals surface area contributed by atoms with Crippen LogP contribution in [0.2, 0.25) is 0 Å². The molecule has 0 amide bonds. The van der Waals surface area contributed by atoms with E-state index in [1.807, 2.05) is 0 Å². The van der Waals surface area contributed by atoms with Crippen molar-refractivity contribution >= 4 is 0 Å². The first-order chi connectivity index (χ1) is 13.3. The zero-order chi connectivity index (χ0) is 20.7. The molecule has 6 unspecified atom stereocenters. The zero-order valence-electron chi connectivity index (χ0n) is 20.7. The molecule has 2 fully saturated rings. The van der Waals surface area contributed by atoms with Crippen molar-refractivity contribution in [2.24, 2.45) is 53.3 Å². The average Bonchev–Trinajstić information content (AvgIpc) is 2.64. The third-order valence-electron chi connectivity index (χ3n) is 8.89. The molecule has 0 saturated heterocycles. The molecule has 2 aliphatic rings. The molecule has 0 radical (unpaired) electrons. The van der Waals surface area contributed by atoms with Crippen LogP contribution in [0.25, 0.3) is 0 Å². The second-order valence-electron chi connectivity index (χ2n) is 11.8. The Morgan fingerprint density at radius 3 is 1.50 bits per heavy atom. The summed E-state index contributed by atoms with van der Waals surface area (Å²) in [6.45, 7) is 17.5. The molecule has 0 aromatic rings. The van der Waals surface area contributed by atoms with Gasteiger partial charge < -0.3 is 0 Å². The second-order valence-corrected chi connectivity index (χ2v) is 11.8. The summed E-state index contributed by atoms with van der Waals surface area (Å²) in [7, 11) is 0. The van der Waals surface area contributed by atoms with E-state index in [2.05, 4.69) is 48.5 Å². The highest BCUT2D eigenvalue weighted by atomic mass is 14.5. The largest absolute Gasteiger partial charge is 0.0654 e. The van der Waals surface area contributed by atoms with Gasteiger partial charge in [-0.15, -0.1) is 0 Å². The number of rotatable bonds is 10. The molecule has 0 N–H and O–H groups in total. The number of hydrogen-bond donors (Lipinski definition) is 0. The van der Waals surface area contributed by atoms with E-state index in [9.17, 15) is 0 Å². The lowest BCUT2D eigenvalue weighted by atomic mass is 9.56. The first-order valence-electron chi connectivity index (χ1n) is 13.3. The fraction of sp³-hybridized carbons (Fsp3) is 1.00. The van der Waals surface area contributed by atoms with Crippen LogP contribution in [0.15, 0.2) is 0 Å². The lowest BCUT2D eigenvalue weighted by Gasteiger charge is -2.49. The van der Waals surface area contributed by atoms with Crippen LogP contribution in [-0.2, 0) is 0 Å². The fourth-order valence-electron chi connectivity index (χ4n) is 7.27. The van der Waals surface area contributed by atoms with E-state index in [-0.39, 0.29) is 0 Å². The minimum atomic E-state index is 0.874. The molecule has 0 heterocycles. The van der Waals surface area contributed by atoms with E-state index >= 15 is 0 Å². The highest BCUT2D eigenvalue weighted by Gasteiger charge is 2.43. The Balaban J connectivity index is 2.20. The van der Waals surface area contributed by atoms with Crippen LogP contribution in [-0.4, -0.2) is 0 Å². The smallest absolute Gasteiger partial charge is 0.0350 e. The van der Waals surface area contributed by atoms with Crippen LogP contribution in [0, 0.1) is 53.3 Å². The molecule has 166 valence electrons. The van der Waals surface area contributed by atoms with Gasteiger partial charge >= 0.3 is 0 Å². The summed E-state index contributed by atoms with van der Waals surface area (Å²) < 4.78 is 0. The van der Waals surface area contributed by atoms with Crippen molar-refractivity contribution in [2.75, 3.05) is 0 Å². The first-order valence-corrected chi connectivity index (χ1v) is 13.3. The van der Waals surface area contributed by atoms with Gasteiger partial charge in [-0.25, -0.2) is 0 Å². The molecule has 6 atom stereocenters. The Labute approximate surface area is 179 Å². The molecule has 0 spiro atoms. The van der Waals surface area contributed by atoms with Gasteiger partial charge in [-0.05, 0) is 85.4 Å². The van der Waals surface area contributed by atoms with Gasteiger partial charge in [0.15, 0.2) is 0 Å². The molecule has 2 aliphatic carbocycles. The van der Waals surface area contributed by atoms with E-state index in [4.69, 9.17) is 0 Å². The molecule has 2 saturated carbocycles. The summed E-state index contributed by atoms with van der Waals surface area (Å²) in [5.74, 6) is 8.66. The van der Waals surface area contributed by atoms with Gasteiger partial charge in [0, 0.05) is 0 Å². The minimum Gasteiger partial charge on any atom is -0.0654 e. The van der Waals surface area contributed by atoms with Crippen LogP contribution in [0.3, 0.4) is 0 Å². The number of unbranched alkanes of at least 4 members (excludes halogenated alkanes) is 4. The molecule has 0 aromatic carbocycles. The monoisotopic (exact) mass is 390 g/mol. The standard InChI is InChI=1S/C28H54/c1-8-9-10-11-12-13-26(27-18-22(6)14-16-24(27)20(2)3)28-19-23(7)15-17-25(28)21(4)5/h20-28H,8-19H2,1-7H3. The van der Waals surface area contributed by atoms with Gasteiger partial charge in [0.25, 0.3) is 0 Å². The molecule has 0 aliphatic heterocycles. The Morgan fingerprint density at radius 2 is 1.07 bits per heavy atom. The quantitative estimate of drug-likeness (QED) is 0.326. The van der Waals surface area contributed by atoms with Crippen molar-refractivity contribution in [1.29, 1.82) is 0 Å². The van der Waals surface area contributed by atoms with Crippen LogP contribution in [0.5, 0.6) is 0 Å². The maximum atomic E-state index is 2.55. The van der Waals surface area contributed by atoms with Crippen LogP contribution >= 0.6 is 0 Å². The lowest BCUT2D eigenvalue weighted by Crippen LogP contribution is -2.41. The second kappa shape index (κ2) is 12.0. The predicted molar refractivity (Wildman–Crippen MR) is 127 cm³/mol. The molecular weight excluding hydrogens is 336 g/mol. The van der Waals surface area contributed by atoms with Crippen molar-refractivity contribution in [3.05, 3.63) is 0 Å². The van der Waals surface area contributed by atoms with Crippen molar-refractivity contribution < 1.29 is 0 Å². The average molecular weight is 391 g/mol. The molecule has 0 nitrogen and oxygen atoms in total. The summed E-state index contributed by atoms with van der Waals surface area (Å²) in [4.78, 5) is 0. The van der Waals surface area contributed by atoms with Gasteiger partial charge in [0.2, 0.25) is 0 Å². The minimum absolute atomic E-state index is 0.874. The van der Waals surface area contributed by atoms with Crippen LogP contribution in [0.1, 0.15) is 126 Å². The van der Waals surface area contributed by atoms with E-state index in [1.165, 1.54) is 77.0 Å². The SMILES string of the molecule is CCCCCCCC(C1CC(C)CCC1C(C)C)C1CC(C)CCC1C(C)C. The van der Waals surface area contributed by atoms with Crippen LogP contribution < -0.4 is 0 Å². The predicted octanol–water partition coefficient (Wildman–Crippen LogP) is 9.38. The van der Waals surface area contributed by atoms with Crippen LogP contribution in [0.4, 0.5) is 0 Å². The zero-order valence-corrected chi connectivity index (χ0v) is 20.7. The van der Waals surface area contributed by atoms with E-state index in [0.29, 0.717) is 0 Å². The maximum absolute atomic E-state index is 2.55. The highest BCUT2D eigenvalue weighted by molar-refractivity contribution is 4.92. The van der Waals surface area contributed by atoms with Crippen molar-refractivity contribution in [2.45, 2.75) is 126 Å². The molecule has 28 heavy (non-hydrogen) atoms. The molecule has 2 rings (SSSR count). The molecule has 0 bridgehead atoms. The Morgan fingerprint density at radius 1 is 0.607 bits per heavy atom. The van der Waals surface area contributed by atoms with E-state index in [1.54, 1.807) is 0 Å². The Kier molecular flexibility index (Phi) is 10.4. The van der Waals surface area contributed by atoms with E-state index in [0.717, 1.165) is 53.3 Å². The number of hydrogen-bond acceptors (Lipinski definition) is 0. The summed E-state index contributed by atoms with van der Waals surface area (Å²) in [6.07, 6.45) is 17.8. The molecule has 0 aromatic heterocycles.